The number of carbonyl (C=O) groups is 2. The van der Waals surface area contributed by atoms with Crippen molar-refractivity contribution in [2.45, 2.75) is 26.4 Å². The zero-order valence-corrected chi connectivity index (χ0v) is 12.0. The predicted molar refractivity (Wildman–Crippen MR) is 79.1 cm³/mol. The van der Waals surface area contributed by atoms with Crippen molar-refractivity contribution in [1.29, 1.82) is 0 Å². The third kappa shape index (κ3) is 2.96. The summed E-state index contributed by atoms with van der Waals surface area (Å²) in [5.41, 5.74) is 1.23. The van der Waals surface area contributed by atoms with Crippen molar-refractivity contribution in [3.05, 3.63) is 34.7 Å². The minimum Gasteiger partial charge on any atom is -0.341 e. The van der Waals surface area contributed by atoms with Crippen LogP contribution in [0.15, 0.2) is 29.1 Å². The van der Waals surface area contributed by atoms with Gasteiger partial charge >= 0.3 is 11.7 Å². The molecule has 2 N–H and O–H groups in total. The van der Waals surface area contributed by atoms with Crippen molar-refractivity contribution in [2.75, 3.05) is 7.05 Å². The van der Waals surface area contributed by atoms with Gasteiger partial charge in [0.05, 0.1) is 11.0 Å². The number of imidazole rings is 1. The molecule has 0 aliphatic heterocycles. The second kappa shape index (κ2) is 6.25. The molecule has 21 heavy (non-hydrogen) atoms. The highest BCUT2D eigenvalue weighted by Gasteiger charge is 2.15. The van der Waals surface area contributed by atoms with E-state index in [1.165, 1.54) is 11.6 Å². The molecule has 0 atom stereocenters. The lowest BCUT2D eigenvalue weighted by Gasteiger charge is -2.04. The second-order valence-corrected chi connectivity index (χ2v) is 4.64. The van der Waals surface area contributed by atoms with Crippen LogP contribution in [0.25, 0.3) is 11.0 Å². The minimum atomic E-state index is -0.592. The van der Waals surface area contributed by atoms with Crippen LogP contribution in [-0.4, -0.2) is 28.1 Å². The summed E-state index contributed by atoms with van der Waals surface area (Å²) in [7, 11) is 1.42. The molecule has 0 spiro atoms. The fourth-order valence-corrected chi connectivity index (χ4v) is 2.24. The van der Waals surface area contributed by atoms with Gasteiger partial charge in [-0.25, -0.2) is 9.59 Å². The summed E-state index contributed by atoms with van der Waals surface area (Å²) in [5.74, 6) is -0.532. The number of amides is 3. The summed E-state index contributed by atoms with van der Waals surface area (Å²) in [6, 6.07) is 6.70. The van der Waals surface area contributed by atoms with Gasteiger partial charge in [0.2, 0.25) is 5.91 Å². The number of carbonyl (C=O) groups excluding carboxylic acids is 2. The number of aryl methyl sites for hydroxylation is 1. The van der Waals surface area contributed by atoms with Gasteiger partial charge in [0.1, 0.15) is 6.54 Å². The molecule has 0 saturated heterocycles. The molecule has 7 heteroatoms. The molecule has 1 aromatic heterocycles. The number of fused-ring (bicyclic) bond motifs is 1. The van der Waals surface area contributed by atoms with Gasteiger partial charge < -0.3 is 5.32 Å². The largest absolute Gasteiger partial charge is 0.341 e. The van der Waals surface area contributed by atoms with Crippen molar-refractivity contribution in [1.82, 2.24) is 19.8 Å². The minimum absolute atomic E-state index is 0.191. The Bertz CT molecular complexity index is 729. The molecule has 1 aromatic carbocycles. The quantitative estimate of drug-likeness (QED) is 0.868. The molecule has 0 bridgehead atoms. The Kier molecular flexibility index (Phi) is 4.42. The SMILES string of the molecule is CCCn1c(=O)n(CC(=O)NC(=O)NC)c2ccccc21. The molecule has 0 unspecified atom stereocenters. The fourth-order valence-electron chi connectivity index (χ4n) is 2.24. The van der Waals surface area contributed by atoms with Crippen LogP contribution >= 0.6 is 0 Å². The van der Waals surface area contributed by atoms with Crippen molar-refractivity contribution >= 4 is 23.0 Å². The number of rotatable bonds is 4. The maximum absolute atomic E-state index is 12.4. The van der Waals surface area contributed by atoms with Crippen LogP contribution < -0.4 is 16.3 Å². The molecular formula is C14H18N4O3. The van der Waals surface area contributed by atoms with E-state index in [0.717, 1.165) is 11.9 Å². The highest BCUT2D eigenvalue weighted by molar-refractivity contribution is 5.94. The molecule has 0 aliphatic rings. The summed E-state index contributed by atoms with van der Waals surface area (Å²) in [5, 5.41) is 4.45. The zero-order chi connectivity index (χ0) is 15.4. The number of imide groups is 1. The standard InChI is InChI=1S/C14H18N4O3/c1-3-8-17-10-6-4-5-7-11(10)18(14(17)21)9-12(19)16-13(20)15-2/h4-7H,3,8-9H2,1-2H3,(H2,15,16,19,20). The molecule has 0 saturated carbocycles. The zero-order valence-electron chi connectivity index (χ0n) is 12.0. The number of hydrogen-bond acceptors (Lipinski definition) is 3. The number of para-hydroxylation sites is 2. The molecule has 2 aromatic rings. The van der Waals surface area contributed by atoms with Gasteiger partial charge in [-0.15, -0.1) is 0 Å². The van der Waals surface area contributed by atoms with Crippen molar-refractivity contribution in [3.63, 3.8) is 0 Å². The number of aromatic nitrogens is 2. The topological polar surface area (TPSA) is 85.1 Å². The van der Waals surface area contributed by atoms with Crippen LogP contribution in [0.4, 0.5) is 4.79 Å². The van der Waals surface area contributed by atoms with Gasteiger partial charge in [0, 0.05) is 13.6 Å². The Morgan fingerprint density at radius 2 is 1.76 bits per heavy atom. The summed E-state index contributed by atoms with van der Waals surface area (Å²) in [6.45, 7) is 2.38. The first-order valence-electron chi connectivity index (χ1n) is 6.78. The molecule has 7 nitrogen and oxygen atoms in total. The Hall–Kier alpha value is -2.57. The highest BCUT2D eigenvalue weighted by atomic mass is 16.2. The van der Waals surface area contributed by atoms with Crippen LogP contribution in [0.1, 0.15) is 13.3 Å². The van der Waals surface area contributed by atoms with Crippen LogP contribution in [0.3, 0.4) is 0 Å². The van der Waals surface area contributed by atoms with E-state index < -0.39 is 11.9 Å². The van der Waals surface area contributed by atoms with E-state index in [1.54, 1.807) is 10.6 Å². The number of hydrogen-bond donors (Lipinski definition) is 2. The van der Waals surface area contributed by atoms with Gasteiger partial charge in [-0.05, 0) is 18.6 Å². The maximum Gasteiger partial charge on any atom is 0.329 e. The third-order valence-corrected chi connectivity index (χ3v) is 3.15. The first-order chi connectivity index (χ1) is 10.1. The van der Waals surface area contributed by atoms with E-state index in [1.807, 2.05) is 25.1 Å². The van der Waals surface area contributed by atoms with Gasteiger partial charge in [0.25, 0.3) is 0 Å². The Morgan fingerprint density at radius 3 is 2.33 bits per heavy atom. The van der Waals surface area contributed by atoms with Crippen molar-refractivity contribution in [2.24, 2.45) is 0 Å². The van der Waals surface area contributed by atoms with Gasteiger partial charge in [0.15, 0.2) is 0 Å². The first kappa shape index (κ1) is 14.8. The molecule has 2 rings (SSSR count). The summed E-state index contributed by atoms with van der Waals surface area (Å²) >= 11 is 0. The van der Waals surface area contributed by atoms with Gasteiger partial charge in [-0.2, -0.15) is 0 Å². The highest BCUT2D eigenvalue weighted by Crippen LogP contribution is 2.12. The monoisotopic (exact) mass is 290 g/mol. The predicted octanol–water partition coefficient (Wildman–Crippen LogP) is 0.669. The lowest BCUT2D eigenvalue weighted by atomic mass is 10.3. The van der Waals surface area contributed by atoms with E-state index in [9.17, 15) is 14.4 Å². The van der Waals surface area contributed by atoms with Crippen molar-refractivity contribution in [3.8, 4) is 0 Å². The van der Waals surface area contributed by atoms with E-state index in [4.69, 9.17) is 0 Å². The number of nitrogens with one attached hydrogen (secondary N) is 2. The number of nitrogens with zero attached hydrogens (tertiary/aromatic N) is 2. The first-order valence-corrected chi connectivity index (χ1v) is 6.78. The lowest BCUT2D eigenvalue weighted by molar-refractivity contribution is -0.120. The van der Waals surface area contributed by atoms with E-state index in [-0.39, 0.29) is 12.2 Å². The van der Waals surface area contributed by atoms with Gasteiger partial charge in [-0.1, -0.05) is 19.1 Å². The van der Waals surface area contributed by atoms with Crippen LogP contribution in [0.2, 0.25) is 0 Å². The summed E-state index contributed by atoms with van der Waals surface area (Å²) < 4.78 is 3.02. The van der Waals surface area contributed by atoms with Gasteiger partial charge in [-0.3, -0.25) is 19.2 Å². The fraction of sp³-hybridized carbons (Fsp3) is 0.357. The molecule has 0 radical (unpaired) electrons. The lowest BCUT2D eigenvalue weighted by Crippen LogP contribution is -2.40. The summed E-state index contributed by atoms with van der Waals surface area (Å²) in [4.78, 5) is 35.4. The molecule has 0 fully saturated rings. The van der Waals surface area contributed by atoms with Crippen LogP contribution in [-0.2, 0) is 17.9 Å². The Balaban J connectivity index is 2.40. The molecular weight excluding hydrogens is 272 g/mol. The van der Waals surface area contributed by atoms with Crippen molar-refractivity contribution < 1.29 is 9.59 Å². The smallest absolute Gasteiger partial charge is 0.329 e. The third-order valence-electron chi connectivity index (χ3n) is 3.15. The van der Waals surface area contributed by atoms with E-state index in [0.29, 0.717) is 12.1 Å². The molecule has 3 amide bonds. The maximum atomic E-state index is 12.4. The van der Waals surface area contributed by atoms with Crippen LogP contribution in [0.5, 0.6) is 0 Å². The second-order valence-electron chi connectivity index (χ2n) is 4.64. The van der Waals surface area contributed by atoms with E-state index in [2.05, 4.69) is 10.6 Å². The summed E-state index contributed by atoms with van der Waals surface area (Å²) in [6.07, 6.45) is 0.818. The number of urea groups is 1. The van der Waals surface area contributed by atoms with E-state index >= 15 is 0 Å². The normalized spacial score (nSPS) is 10.6. The molecule has 112 valence electrons. The Labute approximate surface area is 121 Å². The molecule has 0 aliphatic carbocycles. The number of benzene rings is 1. The Morgan fingerprint density at radius 1 is 1.14 bits per heavy atom. The van der Waals surface area contributed by atoms with Crippen LogP contribution in [0, 0.1) is 0 Å². The average Bonchev–Trinajstić information content (AvgIpc) is 2.73. The average molecular weight is 290 g/mol. The molecule has 1 heterocycles.